The maximum absolute atomic E-state index is 4.41. The minimum Gasteiger partial charge on any atom is -0.317 e. The maximum atomic E-state index is 4.41. The van der Waals surface area contributed by atoms with E-state index in [1.54, 1.807) is 0 Å². The second kappa shape index (κ2) is 4.00. The lowest BCUT2D eigenvalue weighted by Crippen LogP contribution is -2.27. The predicted molar refractivity (Wildman–Crippen MR) is 54.1 cm³/mol. The van der Waals surface area contributed by atoms with Gasteiger partial charge in [0.25, 0.3) is 0 Å². The van der Waals surface area contributed by atoms with E-state index in [0.29, 0.717) is 5.92 Å². The number of aryl methyl sites for hydroxylation is 2. The average molecular weight is 192 g/mol. The molecule has 0 atom stereocenters. The van der Waals surface area contributed by atoms with Crippen molar-refractivity contribution in [1.82, 2.24) is 20.3 Å². The van der Waals surface area contributed by atoms with Crippen molar-refractivity contribution in [2.24, 2.45) is 0 Å². The fraction of sp³-hybridized carbons (Fsp3) is 0.700. The normalized spacial score (nSPS) is 18.4. The second-order valence-corrected chi connectivity index (χ2v) is 3.81. The van der Waals surface area contributed by atoms with Crippen molar-refractivity contribution < 1.29 is 0 Å². The standard InChI is InChI=1S/C10H16N4/c1-7-12-8(2)14-10(13-7)9-3-5-11-6-4-9/h9,11H,3-6H2,1-2H3. The molecule has 0 radical (unpaired) electrons. The van der Waals surface area contributed by atoms with Crippen molar-refractivity contribution in [1.29, 1.82) is 0 Å². The third-order valence-corrected chi connectivity index (χ3v) is 2.58. The second-order valence-electron chi connectivity index (χ2n) is 3.81. The molecule has 1 aliphatic rings. The first-order chi connectivity index (χ1) is 6.75. The number of rotatable bonds is 1. The van der Waals surface area contributed by atoms with E-state index < -0.39 is 0 Å². The highest BCUT2D eigenvalue weighted by atomic mass is 15.0. The van der Waals surface area contributed by atoms with Crippen molar-refractivity contribution in [3.05, 3.63) is 17.5 Å². The van der Waals surface area contributed by atoms with Crippen LogP contribution in [0.4, 0.5) is 0 Å². The van der Waals surface area contributed by atoms with Crippen LogP contribution in [0.3, 0.4) is 0 Å². The summed E-state index contributed by atoms with van der Waals surface area (Å²) < 4.78 is 0. The van der Waals surface area contributed by atoms with Gasteiger partial charge in [-0.05, 0) is 39.8 Å². The fourth-order valence-electron chi connectivity index (χ4n) is 1.90. The molecule has 0 spiro atoms. The molecule has 1 fully saturated rings. The molecule has 0 saturated carbocycles. The molecule has 4 heteroatoms. The quantitative estimate of drug-likeness (QED) is 0.720. The van der Waals surface area contributed by atoms with Gasteiger partial charge in [-0.3, -0.25) is 0 Å². The Kier molecular flexibility index (Phi) is 2.72. The highest BCUT2D eigenvalue weighted by Crippen LogP contribution is 2.21. The van der Waals surface area contributed by atoms with Crippen LogP contribution in [0.1, 0.15) is 36.2 Å². The molecule has 1 aromatic rings. The zero-order valence-electron chi connectivity index (χ0n) is 8.75. The molecule has 0 bridgehead atoms. The summed E-state index contributed by atoms with van der Waals surface area (Å²) in [5, 5.41) is 3.34. The van der Waals surface area contributed by atoms with E-state index in [1.807, 2.05) is 13.8 Å². The Balaban J connectivity index is 2.21. The Hall–Kier alpha value is -1.03. The van der Waals surface area contributed by atoms with Crippen molar-refractivity contribution in [3.63, 3.8) is 0 Å². The largest absolute Gasteiger partial charge is 0.317 e. The minimum absolute atomic E-state index is 0.525. The molecule has 1 aromatic heterocycles. The van der Waals surface area contributed by atoms with E-state index in [0.717, 1.165) is 43.4 Å². The molecule has 14 heavy (non-hydrogen) atoms. The molecular formula is C10H16N4. The van der Waals surface area contributed by atoms with Gasteiger partial charge in [-0.25, -0.2) is 15.0 Å². The van der Waals surface area contributed by atoms with Gasteiger partial charge in [0.2, 0.25) is 0 Å². The van der Waals surface area contributed by atoms with E-state index >= 15 is 0 Å². The third kappa shape index (κ3) is 2.07. The molecular weight excluding hydrogens is 176 g/mol. The summed E-state index contributed by atoms with van der Waals surface area (Å²) >= 11 is 0. The van der Waals surface area contributed by atoms with Crippen LogP contribution in [0, 0.1) is 13.8 Å². The van der Waals surface area contributed by atoms with E-state index in [-0.39, 0.29) is 0 Å². The minimum atomic E-state index is 0.525. The van der Waals surface area contributed by atoms with Crippen molar-refractivity contribution in [3.8, 4) is 0 Å². The summed E-state index contributed by atoms with van der Waals surface area (Å²) in [6, 6.07) is 0. The van der Waals surface area contributed by atoms with Crippen molar-refractivity contribution >= 4 is 0 Å². The number of hydrogen-bond donors (Lipinski definition) is 1. The van der Waals surface area contributed by atoms with Gasteiger partial charge in [0.15, 0.2) is 0 Å². The number of piperidine rings is 1. The van der Waals surface area contributed by atoms with Gasteiger partial charge < -0.3 is 5.32 Å². The van der Waals surface area contributed by atoms with Gasteiger partial charge in [0, 0.05) is 5.92 Å². The molecule has 1 aliphatic heterocycles. The van der Waals surface area contributed by atoms with Crippen LogP contribution in [0.5, 0.6) is 0 Å². The number of nitrogens with zero attached hydrogens (tertiary/aromatic N) is 3. The Morgan fingerprint density at radius 3 is 2.14 bits per heavy atom. The first kappa shape index (κ1) is 9.52. The van der Waals surface area contributed by atoms with Crippen LogP contribution in [-0.2, 0) is 0 Å². The molecule has 1 N–H and O–H groups in total. The summed E-state index contributed by atoms with van der Waals surface area (Å²) in [5.41, 5.74) is 0. The topological polar surface area (TPSA) is 50.7 Å². The summed E-state index contributed by atoms with van der Waals surface area (Å²) in [5.74, 6) is 3.19. The van der Waals surface area contributed by atoms with Crippen molar-refractivity contribution in [2.45, 2.75) is 32.6 Å². The number of aromatic nitrogens is 3. The zero-order valence-corrected chi connectivity index (χ0v) is 8.75. The summed E-state index contributed by atoms with van der Waals surface area (Å²) in [7, 11) is 0. The molecule has 2 rings (SSSR count). The summed E-state index contributed by atoms with van der Waals surface area (Å²) in [4.78, 5) is 13.0. The van der Waals surface area contributed by atoms with Crippen LogP contribution in [0.15, 0.2) is 0 Å². The molecule has 0 aromatic carbocycles. The van der Waals surface area contributed by atoms with Gasteiger partial charge in [-0.2, -0.15) is 0 Å². The fourth-order valence-corrected chi connectivity index (χ4v) is 1.90. The van der Waals surface area contributed by atoms with E-state index in [9.17, 15) is 0 Å². The van der Waals surface area contributed by atoms with Gasteiger partial charge in [0.1, 0.15) is 17.5 Å². The first-order valence-corrected chi connectivity index (χ1v) is 5.15. The summed E-state index contributed by atoms with van der Waals surface area (Å²) in [6.45, 7) is 6.02. The number of nitrogens with one attached hydrogen (secondary N) is 1. The highest BCUT2D eigenvalue weighted by Gasteiger charge is 2.18. The van der Waals surface area contributed by atoms with Gasteiger partial charge in [-0.15, -0.1) is 0 Å². The smallest absolute Gasteiger partial charge is 0.135 e. The van der Waals surface area contributed by atoms with Gasteiger partial charge >= 0.3 is 0 Å². The monoisotopic (exact) mass is 192 g/mol. The number of hydrogen-bond acceptors (Lipinski definition) is 4. The van der Waals surface area contributed by atoms with Gasteiger partial charge in [0.05, 0.1) is 0 Å². The van der Waals surface area contributed by atoms with E-state index in [2.05, 4.69) is 20.3 Å². The van der Waals surface area contributed by atoms with Crippen LogP contribution in [0.25, 0.3) is 0 Å². The Morgan fingerprint density at radius 2 is 1.57 bits per heavy atom. The van der Waals surface area contributed by atoms with E-state index in [1.165, 1.54) is 0 Å². The molecule has 2 heterocycles. The van der Waals surface area contributed by atoms with E-state index in [4.69, 9.17) is 0 Å². The van der Waals surface area contributed by atoms with Crippen LogP contribution in [0.2, 0.25) is 0 Å². The molecule has 1 saturated heterocycles. The first-order valence-electron chi connectivity index (χ1n) is 5.15. The molecule has 0 aliphatic carbocycles. The average Bonchev–Trinajstić information content (AvgIpc) is 2.18. The lowest BCUT2D eigenvalue weighted by atomic mass is 9.97. The van der Waals surface area contributed by atoms with Crippen LogP contribution in [-0.4, -0.2) is 28.0 Å². The zero-order chi connectivity index (χ0) is 9.97. The third-order valence-electron chi connectivity index (χ3n) is 2.58. The highest BCUT2D eigenvalue weighted by molar-refractivity contribution is 5.02. The van der Waals surface area contributed by atoms with Gasteiger partial charge in [-0.1, -0.05) is 0 Å². The Morgan fingerprint density at radius 1 is 1.00 bits per heavy atom. The Labute approximate surface area is 84.2 Å². The SMILES string of the molecule is Cc1nc(C)nc(C2CCNCC2)n1. The molecule has 0 unspecified atom stereocenters. The lowest BCUT2D eigenvalue weighted by Gasteiger charge is -2.21. The van der Waals surface area contributed by atoms with Crippen LogP contribution >= 0.6 is 0 Å². The van der Waals surface area contributed by atoms with Crippen LogP contribution < -0.4 is 5.32 Å². The Bertz CT molecular complexity index is 298. The lowest BCUT2D eigenvalue weighted by molar-refractivity contribution is 0.442. The molecule has 4 nitrogen and oxygen atoms in total. The van der Waals surface area contributed by atoms with Crippen molar-refractivity contribution in [2.75, 3.05) is 13.1 Å². The predicted octanol–water partition coefficient (Wildman–Crippen LogP) is 0.955. The summed E-state index contributed by atoms with van der Waals surface area (Å²) in [6.07, 6.45) is 2.28. The molecule has 76 valence electrons. The molecule has 0 amide bonds. The maximum Gasteiger partial charge on any atom is 0.135 e.